The van der Waals surface area contributed by atoms with Gasteiger partial charge in [0.05, 0.1) is 11.8 Å². The second-order valence-electron chi connectivity index (χ2n) is 4.39. The van der Waals surface area contributed by atoms with Gasteiger partial charge in [0.1, 0.15) is 0 Å². The van der Waals surface area contributed by atoms with Crippen LogP contribution in [-0.2, 0) is 17.7 Å². The van der Waals surface area contributed by atoms with E-state index in [1.807, 2.05) is 17.1 Å². The lowest BCUT2D eigenvalue weighted by Gasteiger charge is -2.33. The molecule has 1 aromatic rings. The first-order valence-corrected chi connectivity index (χ1v) is 5.87. The van der Waals surface area contributed by atoms with Gasteiger partial charge < -0.3 is 10.5 Å². The standard InChI is InChI=1S/C12H23N3O/c1-5-12(3,16-4)11(13)7-10-8-14-15(6-2)9-10/h8-9,11H,5-7,13H2,1-4H3. The van der Waals surface area contributed by atoms with E-state index in [1.165, 1.54) is 5.56 Å². The third kappa shape index (κ3) is 2.83. The van der Waals surface area contributed by atoms with Gasteiger partial charge in [-0.05, 0) is 32.3 Å². The van der Waals surface area contributed by atoms with Crippen molar-refractivity contribution in [2.45, 2.75) is 51.8 Å². The van der Waals surface area contributed by atoms with Crippen LogP contribution in [0.5, 0.6) is 0 Å². The Labute approximate surface area is 97.8 Å². The van der Waals surface area contributed by atoms with Crippen LogP contribution in [0, 0.1) is 0 Å². The van der Waals surface area contributed by atoms with Crippen molar-refractivity contribution >= 4 is 0 Å². The molecular weight excluding hydrogens is 202 g/mol. The summed E-state index contributed by atoms with van der Waals surface area (Å²) >= 11 is 0. The highest BCUT2D eigenvalue weighted by atomic mass is 16.5. The van der Waals surface area contributed by atoms with Crippen molar-refractivity contribution < 1.29 is 4.74 Å². The zero-order valence-corrected chi connectivity index (χ0v) is 10.7. The van der Waals surface area contributed by atoms with Gasteiger partial charge in [0.15, 0.2) is 0 Å². The highest BCUT2D eigenvalue weighted by Crippen LogP contribution is 2.20. The molecule has 0 fully saturated rings. The van der Waals surface area contributed by atoms with Crippen molar-refractivity contribution in [3.63, 3.8) is 0 Å². The van der Waals surface area contributed by atoms with E-state index >= 15 is 0 Å². The molecule has 0 aliphatic heterocycles. The molecule has 2 atom stereocenters. The lowest BCUT2D eigenvalue weighted by Crippen LogP contribution is -2.48. The number of hydrogen-bond acceptors (Lipinski definition) is 3. The van der Waals surface area contributed by atoms with Crippen LogP contribution in [0.4, 0.5) is 0 Å². The maximum absolute atomic E-state index is 6.19. The molecular formula is C12H23N3O. The molecule has 0 bridgehead atoms. The van der Waals surface area contributed by atoms with Crippen LogP contribution in [0.15, 0.2) is 12.4 Å². The maximum atomic E-state index is 6.19. The Kier molecular flexibility index (Phi) is 4.50. The Balaban J connectivity index is 2.66. The lowest BCUT2D eigenvalue weighted by molar-refractivity contribution is -0.0184. The van der Waals surface area contributed by atoms with Crippen molar-refractivity contribution in [3.05, 3.63) is 18.0 Å². The SMILES string of the molecule is CCn1cc(CC(N)C(C)(CC)OC)cn1. The van der Waals surface area contributed by atoms with E-state index in [9.17, 15) is 0 Å². The van der Waals surface area contributed by atoms with Crippen LogP contribution in [0.1, 0.15) is 32.8 Å². The first-order chi connectivity index (χ1) is 7.55. The Hall–Kier alpha value is -0.870. The largest absolute Gasteiger partial charge is 0.377 e. The van der Waals surface area contributed by atoms with E-state index in [1.54, 1.807) is 7.11 Å². The summed E-state index contributed by atoms with van der Waals surface area (Å²) in [6.07, 6.45) is 5.64. The molecule has 0 saturated heterocycles. The van der Waals surface area contributed by atoms with Gasteiger partial charge in [0, 0.05) is 25.9 Å². The smallest absolute Gasteiger partial charge is 0.0801 e. The molecule has 0 radical (unpaired) electrons. The zero-order chi connectivity index (χ0) is 12.2. The summed E-state index contributed by atoms with van der Waals surface area (Å²) in [6, 6.07) is -0.00277. The average Bonchev–Trinajstić information content (AvgIpc) is 2.75. The van der Waals surface area contributed by atoms with Gasteiger partial charge >= 0.3 is 0 Å². The lowest BCUT2D eigenvalue weighted by atomic mass is 9.90. The Morgan fingerprint density at radius 3 is 2.69 bits per heavy atom. The highest BCUT2D eigenvalue weighted by molar-refractivity contribution is 5.08. The van der Waals surface area contributed by atoms with E-state index < -0.39 is 0 Å². The molecule has 1 heterocycles. The fourth-order valence-electron chi connectivity index (χ4n) is 1.71. The minimum absolute atomic E-state index is 0.00277. The van der Waals surface area contributed by atoms with Crippen LogP contribution in [-0.4, -0.2) is 28.5 Å². The molecule has 92 valence electrons. The highest BCUT2D eigenvalue weighted by Gasteiger charge is 2.29. The molecule has 0 aromatic carbocycles. The van der Waals surface area contributed by atoms with Gasteiger partial charge in [0.2, 0.25) is 0 Å². The van der Waals surface area contributed by atoms with E-state index in [0.29, 0.717) is 0 Å². The van der Waals surface area contributed by atoms with Crippen LogP contribution in [0.2, 0.25) is 0 Å². The molecule has 4 heteroatoms. The van der Waals surface area contributed by atoms with Crippen LogP contribution in [0.3, 0.4) is 0 Å². The van der Waals surface area contributed by atoms with Crippen molar-refractivity contribution in [1.29, 1.82) is 0 Å². The summed E-state index contributed by atoms with van der Waals surface area (Å²) in [5, 5.41) is 4.24. The minimum Gasteiger partial charge on any atom is -0.377 e. The van der Waals surface area contributed by atoms with Crippen LogP contribution >= 0.6 is 0 Å². The van der Waals surface area contributed by atoms with Gasteiger partial charge in [-0.25, -0.2) is 0 Å². The zero-order valence-electron chi connectivity index (χ0n) is 10.7. The molecule has 0 aliphatic carbocycles. The first-order valence-electron chi connectivity index (χ1n) is 5.87. The molecule has 0 spiro atoms. The molecule has 2 unspecified atom stereocenters. The predicted molar refractivity (Wildman–Crippen MR) is 65.3 cm³/mol. The molecule has 1 rings (SSSR count). The molecule has 2 N–H and O–H groups in total. The molecule has 16 heavy (non-hydrogen) atoms. The van der Waals surface area contributed by atoms with Gasteiger partial charge in [-0.3, -0.25) is 4.68 Å². The van der Waals surface area contributed by atoms with E-state index in [2.05, 4.69) is 25.9 Å². The van der Waals surface area contributed by atoms with Crippen molar-refractivity contribution in [1.82, 2.24) is 9.78 Å². The number of aryl methyl sites for hydroxylation is 1. The van der Waals surface area contributed by atoms with Crippen LogP contribution < -0.4 is 5.73 Å². The Morgan fingerprint density at radius 2 is 2.25 bits per heavy atom. The predicted octanol–water partition coefficient (Wildman–Crippen LogP) is 1.59. The summed E-state index contributed by atoms with van der Waals surface area (Å²) < 4.78 is 7.42. The van der Waals surface area contributed by atoms with Gasteiger partial charge in [-0.15, -0.1) is 0 Å². The molecule has 1 aromatic heterocycles. The summed E-state index contributed by atoms with van der Waals surface area (Å²) in [4.78, 5) is 0. The number of ether oxygens (including phenoxy) is 1. The summed E-state index contributed by atoms with van der Waals surface area (Å²) in [5.41, 5.74) is 7.11. The van der Waals surface area contributed by atoms with Crippen LogP contribution in [0.25, 0.3) is 0 Å². The number of hydrogen-bond donors (Lipinski definition) is 1. The number of aromatic nitrogens is 2. The Bertz CT molecular complexity index is 318. The van der Waals surface area contributed by atoms with Gasteiger partial charge in [0.25, 0.3) is 0 Å². The third-order valence-electron chi connectivity index (χ3n) is 3.42. The topological polar surface area (TPSA) is 53.1 Å². The van der Waals surface area contributed by atoms with Crippen molar-refractivity contribution in [2.75, 3.05) is 7.11 Å². The summed E-state index contributed by atoms with van der Waals surface area (Å²) in [7, 11) is 1.72. The summed E-state index contributed by atoms with van der Waals surface area (Å²) in [6.45, 7) is 7.12. The third-order valence-corrected chi connectivity index (χ3v) is 3.42. The van der Waals surface area contributed by atoms with Crippen molar-refractivity contribution in [2.24, 2.45) is 5.73 Å². The maximum Gasteiger partial charge on any atom is 0.0801 e. The number of methoxy groups -OCH3 is 1. The van der Waals surface area contributed by atoms with Crippen molar-refractivity contribution in [3.8, 4) is 0 Å². The molecule has 0 saturated carbocycles. The fraction of sp³-hybridized carbons (Fsp3) is 0.750. The number of nitrogens with two attached hydrogens (primary N) is 1. The molecule has 4 nitrogen and oxygen atoms in total. The number of nitrogens with zero attached hydrogens (tertiary/aromatic N) is 2. The Morgan fingerprint density at radius 1 is 1.56 bits per heavy atom. The van der Waals surface area contributed by atoms with E-state index in [4.69, 9.17) is 10.5 Å². The second-order valence-corrected chi connectivity index (χ2v) is 4.39. The minimum atomic E-state index is -0.256. The average molecular weight is 225 g/mol. The molecule has 0 aliphatic rings. The summed E-state index contributed by atoms with van der Waals surface area (Å²) in [5.74, 6) is 0. The van der Waals surface area contributed by atoms with Gasteiger partial charge in [-0.1, -0.05) is 6.92 Å². The van der Waals surface area contributed by atoms with E-state index in [0.717, 1.165) is 19.4 Å². The normalized spacial score (nSPS) is 17.1. The van der Waals surface area contributed by atoms with Gasteiger partial charge in [-0.2, -0.15) is 5.10 Å². The van der Waals surface area contributed by atoms with E-state index in [-0.39, 0.29) is 11.6 Å². The monoisotopic (exact) mass is 225 g/mol. The fourth-order valence-corrected chi connectivity index (χ4v) is 1.71. The first kappa shape index (κ1) is 13.2. The molecule has 0 amide bonds. The second kappa shape index (κ2) is 5.46. The quantitative estimate of drug-likeness (QED) is 0.800. The number of rotatable bonds is 6.